The zero-order valence-corrected chi connectivity index (χ0v) is 19.3. The number of fused-ring (bicyclic) bond motifs is 3. The number of hydrogen-bond acceptors (Lipinski definition) is 2. The van der Waals surface area contributed by atoms with Gasteiger partial charge in [-0.05, 0) is 94.4 Å². The minimum atomic E-state index is -4.61. The molecule has 0 spiro atoms. The lowest BCUT2D eigenvalue weighted by molar-refractivity contribution is -0.138. The average molecular weight is 520 g/mol. The molecule has 0 aromatic heterocycles. The van der Waals surface area contributed by atoms with E-state index in [4.69, 9.17) is 4.74 Å². The number of thiol groups is 1. The van der Waals surface area contributed by atoms with Gasteiger partial charge in [0.25, 0.3) is 0 Å². The number of alkyl halides is 6. The Hall–Kier alpha value is -3.59. The molecule has 1 N–H and O–H groups in total. The second kappa shape index (κ2) is 8.81. The van der Waals surface area contributed by atoms with Crippen LogP contribution < -0.4 is 4.74 Å². The fourth-order valence-electron chi connectivity index (χ4n) is 4.10. The summed E-state index contributed by atoms with van der Waals surface area (Å²) < 4.78 is 86.0. The molecule has 4 aromatic rings. The van der Waals surface area contributed by atoms with Crippen molar-refractivity contribution in [3.8, 4) is 22.6 Å². The number of phenols is 1. The summed E-state index contributed by atoms with van der Waals surface area (Å²) in [7, 11) is -1.36. The molecule has 9 heteroatoms. The average Bonchev–Trinajstić information content (AvgIpc) is 3.16. The van der Waals surface area contributed by atoms with Crippen molar-refractivity contribution in [1.82, 2.24) is 0 Å². The standard InChI is InChI=1S/C27H18F6O2S/c28-26(29,30)17-3-11-24-22(13-17)23-14-18(27(31,32)33)4-12-25(23)36(24)21-9-7-20(8-10-21)35-15-16-1-5-19(34)6-2-16/h1-14,34,36H,15H2. The zero-order chi connectivity index (χ0) is 25.7. The highest BCUT2D eigenvalue weighted by molar-refractivity contribution is 8.17. The van der Waals surface area contributed by atoms with E-state index in [0.29, 0.717) is 15.5 Å². The molecular formula is C27H18F6O2S. The lowest BCUT2D eigenvalue weighted by atomic mass is 10.0. The number of ether oxygens (including phenoxy) is 1. The Labute approximate surface area is 205 Å². The minimum absolute atomic E-state index is 0.146. The van der Waals surface area contributed by atoms with Gasteiger partial charge in [0.15, 0.2) is 0 Å². The van der Waals surface area contributed by atoms with Crippen molar-refractivity contribution in [3.63, 3.8) is 0 Å². The van der Waals surface area contributed by atoms with E-state index in [-0.39, 0.29) is 23.5 Å². The molecule has 0 bridgehead atoms. The van der Waals surface area contributed by atoms with Crippen LogP contribution in [-0.2, 0) is 19.0 Å². The van der Waals surface area contributed by atoms with Crippen molar-refractivity contribution in [2.45, 2.75) is 33.6 Å². The molecule has 0 unspecified atom stereocenters. The molecule has 1 heterocycles. The maximum Gasteiger partial charge on any atom is 0.416 e. The first-order valence-corrected chi connectivity index (χ1v) is 12.1. The van der Waals surface area contributed by atoms with Gasteiger partial charge in [0.2, 0.25) is 0 Å². The number of benzene rings is 4. The summed E-state index contributed by atoms with van der Waals surface area (Å²) in [5.74, 6) is 0.702. The van der Waals surface area contributed by atoms with Crippen molar-refractivity contribution >= 4 is 10.9 Å². The third-order valence-corrected chi connectivity index (χ3v) is 8.41. The van der Waals surface area contributed by atoms with Crippen molar-refractivity contribution in [2.24, 2.45) is 0 Å². The molecule has 0 fully saturated rings. The quantitative estimate of drug-likeness (QED) is 0.184. The molecule has 0 amide bonds. The SMILES string of the molecule is Oc1ccc(COc2ccc([SH]3c4ccc(C(F)(F)F)cc4-c4cc(C(F)(F)F)ccc43)cc2)cc1. The van der Waals surface area contributed by atoms with E-state index in [1.807, 2.05) is 0 Å². The number of phenolic OH excluding ortho intramolecular Hbond substituents is 1. The monoisotopic (exact) mass is 520 g/mol. The van der Waals surface area contributed by atoms with E-state index in [1.54, 1.807) is 48.5 Å². The molecular weight excluding hydrogens is 502 g/mol. The van der Waals surface area contributed by atoms with Crippen LogP contribution in [0.3, 0.4) is 0 Å². The second-order valence-electron chi connectivity index (χ2n) is 8.24. The van der Waals surface area contributed by atoms with Crippen LogP contribution >= 0.6 is 10.9 Å². The molecule has 1 aliphatic heterocycles. The van der Waals surface area contributed by atoms with E-state index >= 15 is 0 Å². The Balaban J connectivity index is 1.50. The van der Waals surface area contributed by atoms with Crippen LogP contribution in [0.15, 0.2) is 99.6 Å². The molecule has 1 aliphatic rings. The molecule has 0 radical (unpaired) electrons. The molecule has 186 valence electrons. The molecule has 0 atom stereocenters. The van der Waals surface area contributed by atoms with Gasteiger partial charge in [-0.3, -0.25) is 0 Å². The van der Waals surface area contributed by atoms with E-state index in [1.165, 1.54) is 12.1 Å². The van der Waals surface area contributed by atoms with Gasteiger partial charge in [-0.1, -0.05) is 12.1 Å². The normalized spacial score (nSPS) is 13.9. The molecule has 36 heavy (non-hydrogen) atoms. The first-order valence-electron chi connectivity index (χ1n) is 10.7. The van der Waals surface area contributed by atoms with Crippen molar-refractivity contribution in [2.75, 3.05) is 0 Å². The predicted molar refractivity (Wildman–Crippen MR) is 125 cm³/mol. The van der Waals surface area contributed by atoms with Gasteiger partial charge in [-0.15, -0.1) is 0 Å². The summed E-state index contributed by atoms with van der Waals surface area (Å²) in [4.78, 5) is 1.93. The van der Waals surface area contributed by atoms with Gasteiger partial charge >= 0.3 is 12.4 Å². The van der Waals surface area contributed by atoms with Crippen molar-refractivity contribution in [1.29, 1.82) is 0 Å². The highest BCUT2D eigenvalue weighted by atomic mass is 32.2. The molecule has 0 saturated carbocycles. The predicted octanol–water partition coefficient (Wildman–Crippen LogP) is 8.47. The smallest absolute Gasteiger partial charge is 0.416 e. The third-order valence-electron chi connectivity index (χ3n) is 5.86. The fourth-order valence-corrected chi connectivity index (χ4v) is 6.67. The Morgan fingerprint density at radius 2 is 1.14 bits per heavy atom. The summed E-state index contributed by atoms with van der Waals surface area (Å²) >= 11 is 0. The lowest BCUT2D eigenvalue weighted by Crippen LogP contribution is -2.05. The summed E-state index contributed by atoms with van der Waals surface area (Å²) in [5, 5.41) is 9.38. The Morgan fingerprint density at radius 3 is 1.61 bits per heavy atom. The topological polar surface area (TPSA) is 29.5 Å². The number of rotatable bonds is 4. The van der Waals surface area contributed by atoms with Crippen molar-refractivity contribution < 1.29 is 36.2 Å². The fraction of sp³-hybridized carbons (Fsp3) is 0.111. The second-order valence-corrected chi connectivity index (χ2v) is 10.4. The van der Waals surface area contributed by atoms with Crippen LogP contribution in [0.25, 0.3) is 11.1 Å². The molecule has 4 aromatic carbocycles. The van der Waals surface area contributed by atoms with Crippen LogP contribution in [0.5, 0.6) is 11.5 Å². The van der Waals surface area contributed by atoms with Gasteiger partial charge < -0.3 is 9.84 Å². The summed E-state index contributed by atoms with van der Waals surface area (Å²) in [6.45, 7) is 0.264. The largest absolute Gasteiger partial charge is 0.508 e. The first kappa shape index (κ1) is 24.1. The van der Waals surface area contributed by atoms with E-state index < -0.39 is 34.4 Å². The summed E-state index contributed by atoms with van der Waals surface area (Å²) in [6, 6.07) is 20.1. The first-order chi connectivity index (χ1) is 17.0. The van der Waals surface area contributed by atoms with Gasteiger partial charge in [-0.25, -0.2) is 0 Å². The third kappa shape index (κ3) is 4.63. The van der Waals surface area contributed by atoms with Gasteiger partial charge in [0.05, 0.1) is 11.1 Å². The lowest BCUT2D eigenvalue weighted by Gasteiger charge is -2.20. The van der Waals surface area contributed by atoms with Gasteiger partial charge in [0.1, 0.15) is 18.1 Å². The Morgan fingerprint density at radius 1 is 0.639 bits per heavy atom. The molecule has 2 nitrogen and oxygen atoms in total. The van der Waals surface area contributed by atoms with Gasteiger partial charge in [-0.2, -0.15) is 37.2 Å². The number of aromatic hydroxyl groups is 1. The number of hydrogen-bond donors (Lipinski definition) is 2. The van der Waals surface area contributed by atoms with Crippen molar-refractivity contribution in [3.05, 3.63) is 102 Å². The molecule has 0 aliphatic carbocycles. The number of halogens is 6. The Kier molecular flexibility index (Phi) is 5.90. The van der Waals surface area contributed by atoms with E-state index in [0.717, 1.165) is 34.7 Å². The highest BCUT2D eigenvalue weighted by Gasteiger charge is 2.37. The van der Waals surface area contributed by atoms with Crippen LogP contribution in [-0.4, -0.2) is 5.11 Å². The van der Waals surface area contributed by atoms with E-state index in [2.05, 4.69) is 0 Å². The summed E-state index contributed by atoms with van der Waals surface area (Å²) in [6.07, 6.45) is -9.22. The van der Waals surface area contributed by atoms with Crippen LogP contribution in [0, 0.1) is 0 Å². The summed E-state index contributed by atoms with van der Waals surface area (Å²) in [5.41, 5.74) is -0.617. The zero-order valence-electron chi connectivity index (χ0n) is 18.4. The van der Waals surface area contributed by atoms with Gasteiger partial charge in [0, 0.05) is 9.79 Å². The maximum atomic E-state index is 13.4. The van der Waals surface area contributed by atoms with Crippen LogP contribution in [0.2, 0.25) is 0 Å². The Bertz CT molecular complexity index is 1350. The van der Waals surface area contributed by atoms with Crippen LogP contribution in [0.1, 0.15) is 16.7 Å². The molecule has 5 rings (SSSR count). The van der Waals surface area contributed by atoms with E-state index in [9.17, 15) is 31.4 Å². The highest BCUT2D eigenvalue weighted by Crippen LogP contribution is 2.63. The maximum absolute atomic E-state index is 13.4. The van der Waals surface area contributed by atoms with Crippen LogP contribution in [0.4, 0.5) is 26.3 Å². The molecule has 0 saturated heterocycles. The minimum Gasteiger partial charge on any atom is -0.508 e.